The maximum atomic E-state index is 13.6. The standard InChI is InChI=1S/C26H32N2O3S/c1-3-5-6-16-30-21-14-12-20(13-15-21)25(29)28(18-22-10-8-17-31-22)26-27-24-19(4-2)9-7-11-23(24)32-26/h7,9,11-15,22H,3-6,8,10,16-18H2,1-2H3. The number of rotatable bonds is 10. The van der Waals surface area contributed by atoms with E-state index in [0.717, 1.165) is 59.8 Å². The molecule has 170 valence electrons. The maximum absolute atomic E-state index is 13.6. The van der Waals surface area contributed by atoms with E-state index in [9.17, 15) is 4.79 Å². The molecule has 0 aliphatic carbocycles. The number of nitrogens with zero attached hydrogens (tertiary/aromatic N) is 2. The highest BCUT2D eigenvalue weighted by atomic mass is 32.1. The van der Waals surface area contributed by atoms with Gasteiger partial charge in [-0.25, -0.2) is 4.98 Å². The quantitative estimate of drug-likeness (QED) is 0.341. The van der Waals surface area contributed by atoms with Gasteiger partial charge < -0.3 is 9.47 Å². The predicted molar refractivity (Wildman–Crippen MR) is 131 cm³/mol. The average molecular weight is 453 g/mol. The van der Waals surface area contributed by atoms with Crippen molar-refractivity contribution in [3.8, 4) is 5.75 Å². The molecular formula is C26H32N2O3S. The second-order valence-corrected chi connectivity index (χ2v) is 9.25. The van der Waals surface area contributed by atoms with Gasteiger partial charge in [0.15, 0.2) is 5.13 Å². The summed E-state index contributed by atoms with van der Waals surface area (Å²) >= 11 is 1.57. The van der Waals surface area contributed by atoms with E-state index in [1.165, 1.54) is 12.0 Å². The van der Waals surface area contributed by atoms with Crippen molar-refractivity contribution < 1.29 is 14.3 Å². The fourth-order valence-corrected chi connectivity index (χ4v) is 5.05. The normalized spacial score (nSPS) is 15.9. The smallest absolute Gasteiger partial charge is 0.260 e. The highest BCUT2D eigenvalue weighted by molar-refractivity contribution is 7.22. The van der Waals surface area contributed by atoms with E-state index in [0.29, 0.717) is 18.7 Å². The van der Waals surface area contributed by atoms with Crippen LogP contribution >= 0.6 is 11.3 Å². The molecule has 0 N–H and O–H groups in total. The van der Waals surface area contributed by atoms with Crippen molar-refractivity contribution in [3.63, 3.8) is 0 Å². The molecule has 1 aliphatic heterocycles. The van der Waals surface area contributed by atoms with E-state index in [1.54, 1.807) is 16.2 Å². The van der Waals surface area contributed by atoms with Crippen molar-refractivity contribution in [2.75, 3.05) is 24.7 Å². The monoisotopic (exact) mass is 452 g/mol. The van der Waals surface area contributed by atoms with Gasteiger partial charge in [0.1, 0.15) is 5.75 Å². The molecule has 1 amide bonds. The molecule has 0 bridgehead atoms. The summed E-state index contributed by atoms with van der Waals surface area (Å²) in [7, 11) is 0. The lowest BCUT2D eigenvalue weighted by atomic mass is 10.1. The lowest BCUT2D eigenvalue weighted by molar-refractivity contribution is 0.0917. The van der Waals surface area contributed by atoms with Crippen LogP contribution in [0.1, 0.15) is 61.9 Å². The number of hydrogen-bond donors (Lipinski definition) is 0. The molecule has 2 heterocycles. The van der Waals surface area contributed by atoms with Crippen molar-refractivity contribution in [1.82, 2.24) is 4.98 Å². The molecule has 5 nitrogen and oxygen atoms in total. The van der Waals surface area contributed by atoms with Crippen molar-refractivity contribution >= 4 is 32.6 Å². The number of amides is 1. The third-order valence-corrected chi connectivity index (χ3v) is 6.92. The number of hydrogen-bond acceptors (Lipinski definition) is 5. The van der Waals surface area contributed by atoms with Crippen LogP contribution < -0.4 is 9.64 Å². The zero-order chi connectivity index (χ0) is 22.3. The first-order chi connectivity index (χ1) is 15.7. The van der Waals surface area contributed by atoms with E-state index in [2.05, 4.69) is 32.0 Å². The number of carbonyl (C=O) groups is 1. The Hall–Kier alpha value is -2.44. The number of thiazole rings is 1. The van der Waals surface area contributed by atoms with Crippen LogP contribution in [0.2, 0.25) is 0 Å². The van der Waals surface area contributed by atoms with Crippen molar-refractivity contribution in [2.24, 2.45) is 0 Å². The van der Waals surface area contributed by atoms with Gasteiger partial charge >= 0.3 is 0 Å². The van der Waals surface area contributed by atoms with Crippen molar-refractivity contribution in [3.05, 3.63) is 53.6 Å². The van der Waals surface area contributed by atoms with Crippen LogP contribution in [0.15, 0.2) is 42.5 Å². The molecule has 0 radical (unpaired) electrons. The largest absolute Gasteiger partial charge is 0.494 e. The number of aryl methyl sites for hydroxylation is 1. The lowest BCUT2D eigenvalue weighted by Gasteiger charge is -2.23. The van der Waals surface area contributed by atoms with Gasteiger partial charge in [0.05, 0.1) is 29.5 Å². The predicted octanol–water partition coefficient (Wildman–Crippen LogP) is 6.25. The van der Waals surface area contributed by atoms with Crippen LogP contribution in [0.25, 0.3) is 10.2 Å². The van der Waals surface area contributed by atoms with E-state index in [1.807, 2.05) is 24.3 Å². The molecule has 6 heteroatoms. The lowest BCUT2D eigenvalue weighted by Crippen LogP contribution is -2.37. The molecule has 1 atom stereocenters. The van der Waals surface area contributed by atoms with Crippen molar-refractivity contribution in [2.45, 2.75) is 58.5 Å². The summed E-state index contributed by atoms with van der Waals surface area (Å²) in [5.41, 5.74) is 2.84. The third kappa shape index (κ3) is 5.30. The van der Waals surface area contributed by atoms with Gasteiger partial charge in [-0.05, 0) is 61.6 Å². The topological polar surface area (TPSA) is 51.7 Å². The Labute approximate surface area is 194 Å². The fourth-order valence-electron chi connectivity index (χ4n) is 4.03. The highest BCUT2D eigenvalue weighted by Crippen LogP contribution is 2.33. The van der Waals surface area contributed by atoms with Crippen LogP contribution in [0.5, 0.6) is 5.75 Å². The van der Waals surface area contributed by atoms with Crippen LogP contribution in [0.3, 0.4) is 0 Å². The summed E-state index contributed by atoms with van der Waals surface area (Å²) in [6, 6.07) is 13.7. The first-order valence-electron chi connectivity index (χ1n) is 11.7. The molecule has 1 aromatic heterocycles. The molecule has 1 saturated heterocycles. The number of unbranched alkanes of at least 4 members (excludes halogenated alkanes) is 2. The Morgan fingerprint density at radius 2 is 2.03 bits per heavy atom. The van der Waals surface area contributed by atoms with Crippen LogP contribution in [-0.2, 0) is 11.2 Å². The number of carbonyl (C=O) groups excluding carboxylic acids is 1. The summed E-state index contributed by atoms with van der Waals surface area (Å²) in [5.74, 6) is 0.756. The van der Waals surface area contributed by atoms with E-state index >= 15 is 0 Å². The second kappa shape index (κ2) is 10.9. The fraction of sp³-hybridized carbons (Fsp3) is 0.462. The number of aromatic nitrogens is 1. The van der Waals surface area contributed by atoms with Gasteiger partial charge in [-0.3, -0.25) is 9.69 Å². The maximum Gasteiger partial charge on any atom is 0.260 e. The molecule has 2 aromatic carbocycles. The molecule has 0 spiro atoms. The minimum Gasteiger partial charge on any atom is -0.494 e. The Morgan fingerprint density at radius 1 is 1.19 bits per heavy atom. The average Bonchev–Trinajstić information content (AvgIpc) is 3.49. The Kier molecular flexibility index (Phi) is 7.76. The second-order valence-electron chi connectivity index (χ2n) is 8.24. The van der Waals surface area contributed by atoms with Gasteiger partial charge in [0, 0.05) is 12.2 Å². The number of anilines is 1. The van der Waals surface area contributed by atoms with Crippen LogP contribution in [-0.4, -0.2) is 36.8 Å². The number of ether oxygens (including phenoxy) is 2. The molecule has 32 heavy (non-hydrogen) atoms. The van der Waals surface area contributed by atoms with Crippen LogP contribution in [0.4, 0.5) is 5.13 Å². The van der Waals surface area contributed by atoms with Gasteiger partial charge in [-0.1, -0.05) is 50.2 Å². The van der Waals surface area contributed by atoms with E-state index < -0.39 is 0 Å². The summed E-state index contributed by atoms with van der Waals surface area (Å²) in [5, 5.41) is 0.737. The summed E-state index contributed by atoms with van der Waals surface area (Å²) in [6.45, 7) is 6.30. The van der Waals surface area contributed by atoms with Gasteiger partial charge in [-0.2, -0.15) is 0 Å². The molecule has 1 unspecified atom stereocenters. The molecule has 1 aliphatic rings. The number of para-hydroxylation sites is 1. The van der Waals surface area contributed by atoms with Gasteiger partial charge in [-0.15, -0.1) is 0 Å². The highest BCUT2D eigenvalue weighted by Gasteiger charge is 2.27. The molecule has 0 saturated carbocycles. The van der Waals surface area contributed by atoms with E-state index in [-0.39, 0.29) is 12.0 Å². The summed E-state index contributed by atoms with van der Waals surface area (Å²) < 4.78 is 12.8. The number of fused-ring (bicyclic) bond motifs is 1. The zero-order valence-corrected chi connectivity index (χ0v) is 19.8. The molecular weight excluding hydrogens is 420 g/mol. The Balaban J connectivity index is 1.57. The SMILES string of the molecule is CCCCCOc1ccc(C(=O)N(CC2CCCO2)c2nc3c(CC)cccc3s2)cc1. The molecule has 1 fully saturated rings. The summed E-state index contributed by atoms with van der Waals surface area (Å²) in [6.07, 6.45) is 6.36. The summed E-state index contributed by atoms with van der Waals surface area (Å²) in [4.78, 5) is 20.3. The van der Waals surface area contributed by atoms with Crippen LogP contribution in [0, 0.1) is 0 Å². The Bertz CT molecular complexity index is 1030. The minimum absolute atomic E-state index is 0.0462. The molecule has 3 aromatic rings. The van der Waals surface area contributed by atoms with Crippen molar-refractivity contribution in [1.29, 1.82) is 0 Å². The Morgan fingerprint density at radius 3 is 2.75 bits per heavy atom. The third-order valence-electron chi connectivity index (χ3n) is 5.88. The first-order valence-corrected chi connectivity index (χ1v) is 12.6. The number of benzene rings is 2. The minimum atomic E-state index is -0.0462. The van der Waals surface area contributed by atoms with Gasteiger partial charge in [0.2, 0.25) is 0 Å². The first kappa shape index (κ1) is 22.7. The zero-order valence-electron chi connectivity index (χ0n) is 19.0. The van der Waals surface area contributed by atoms with E-state index in [4.69, 9.17) is 14.5 Å². The van der Waals surface area contributed by atoms with Gasteiger partial charge in [0.25, 0.3) is 5.91 Å². The molecule has 4 rings (SSSR count).